The third-order valence-electron chi connectivity index (χ3n) is 5.03. The highest BCUT2D eigenvalue weighted by molar-refractivity contribution is 6.13. The Bertz CT molecular complexity index is 1120. The zero-order valence-corrected chi connectivity index (χ0v) is 15.6. The van der Waals surface area contributed by atoms with Crippen molar-refractivity contribution in [2.24, 2.45) is 4.99 Å². The first-order valence-corrected chi connectivity index (χ1v) is 9.02. The molecule has 1 unspecified atom stereocenters. The minimum atomic E-state index is -1.04. The predicted octanol–water partition coefficient (Wildman–Crippen LogP) is 1.49. The van der Waals surface area contributed by atoms with Crippen molar-refractivity contribution in [2.75, 3.05) is 6.54 Å². The highest BCUT2D eigenvalue weighted by Gasteiger charge is 2.46. The number of aromatic nitrogens is 1. The Kier molecular flexibility index (Phi) is 4.26. The van der Waals surface area contributed by atoms with Crippen molar-refractivity contribution in [1.82, 2.24) is 14.8 Å². The SMILES string of the molecule is Cc1ccc2c(c1)oc(=O)n2CCNC(=O)CC1(C)C(=O)N=C2C=CC=CN21. The summed E-state index contributed by atoms with van der Waals surface area (Å²) >= 11 is 0. The molecule has 0 saturated heterocycles. The third-order valence-corrected chi connectivity index (χ3v) is 5.03. The van der Waals surface area contributed by atoms with E-state index in [0.29, 0.717) is 16.9 Å². The van der Waals surface area contributed by atoms with E-state index in [1.807, 2.05) is 19.1 Å². The van der Waals surface area contributed by atoms with E-state index < -0.39 is 11.3 Å². The van der Waals surface area contributed by atoms with Gasteiger partial charge in [0.1, 0.15) is 11.4 Å². The lowest BCUT2D eigenvalue weighted by atomic mass is 9.95. The lowest BCUT2D eigenvalue weighted by Crippen LogP contribution is -2.49. The van der Waals surface area contributed by atoms with Gasteiger partial charge in [-0.25, -0.2) is 4.79 Å². The third kappa shape index (κ3) is 2.96. The number of aliphatic imine (C=N–C) groups is 1. The van der Waals surface area contributed by atoms with Gasteiger partial charge >= 0.3 is 5.76 Å². The molecule has 28 heavy (non-hydrogen) atoms. The highest BCUT2D eigenvalue weighted by Crippen LogP contribution is 2.30. The first kappa shape index (κ1) is 18.0. The number of benzene rings is 1. The van der Waals surface area contributed by atoms with Crippen molar-refractivity contribution < 1.29 is 14.0 Å². The Morgan fingerprint density at radius 2 is 2.11 bits per heavy atom. The van der Waals surface area contributed by atoms with Gasteiger partial charge in [0.15, 0.2) is 5.58 Å². The predicted molar refractivity (Wildman–Crippen MR) is 104 cm³/mol. The number of oxazole rings is 1. The van der Waals surface area contributed by atoms with Gasteiger partial charge in [-0.15, -0.1) is 0 Å². The quantitative estimate of drug-likeness (QED) is 0.848. The molecule has 8 heteroatoms. The zero-order chi connectivity index (χ0) is 19.9. The smallest absolute Gasteiger partial charge is 0.408 e. The van der Waals surface area contributed by atoms with E-state index in [9.17, 15) is 14.4 Å². The number of amides is 2. The fourth-order valence-electron chi connectivity index (χ4n) is 3.50. The molecule has 2 amide bonds. The summed E-state index contributed by atoms with van der Waals surface area (Å²) in [6.45, 7) is 4.14. The van der Waals surface area contributed by atoms with Crippen LogP contribution in [-0.4, -0.2) is 39.2 Å². The topological polar surface area (TPSA) is 96.9 Å². The van der Waals surface area contributed by atoms with Crippen LogP contribution in [0.15, 0.2) is 56.8 Å². The second-order valence-electron chi connectivity index (χ2n) is 7.14. The summed E-state index contributed by atoms with van der Waals surface area (Å²) in [4.78, 5) is 42.6. The molecule has 1 aromatic heterocycles. The van der Waals surface area contributed by atoms with Crippen molar-refractivity contribution in [1.29, 1.82) is 0 Å². The van der Waals surface area contributed by atoms with Gasteiger partial charge in [-0.1, -0.05) is 12.1 Å². The van der Waals surface area contributed by atoms with Gasteiger partial charge in [-0.3, -0.25) is 14.2 Å². The second-order valence-corrected chi connectivity index (χ2v) is 7.14. The zero-order valence-electron chi connectivity index (χ0n) is 15.6. The number of fused-ring (bicyclic) bond motifs is 2. The van der Waals surface area contributed by atoms with Crippen LogP contribution in [0, 0.1) is 6.92 Å². The van der Waals surface area contributed by atoms with E-state index in [-0.39, 0.29) is 31.3 Å². The van der Waals surface area contributed by atoms with Gasteiger partial charge in [0.2, 0.25) is 5.91 Å². The second kappa shape index (κ2) is 6.63. The Balaban J connectivity index is 1.40. The standard InChI is InChI=1S/C20H20N4O4/c1-13-6-7-14-15(11-13)28-19(27)23(14)10-8-21-17(25)12-20(2)18(26)22-16-5-3-4-9-24(16)20/h3-7,9,11H,8,10,12H2,1-2H3,(H,21,25). The number of nitrogens with zero attached hydrogens (tertiary/aromatic N) is 3. The molecule has 1 N–H and O–H groups in total. The average molecular weight is 380 g/mol. The van der Waals surface area contributed by atoms with Crippen molar-refractivity contribution in [3.63, 3.8) is 0 Å². The molecule has 144 valence electrons. The van der Waals surface area contributed by atoms with Crippen LogP contribution in [0.2, 0.25) is 0 Å². The molecule has 8 nitrogen and oxygen atoms in total. The van der Waals surface area contributed by atoms with Crippen LogP contribution >= 0.6 is 0 Å². The highest BCUT2D eigenvalue weighted by atomic mass is 16.4. The number of allylic oxidation sites excluding steroid dienone is 2. The molecule has 2 aliphatic rings. The summed E-state index contributed by atoms with van der Waals surface area (Å²) in [6.07, 6.45) is 7.04. The van der Waals surface area contributed by atoms with Crippen molar-refractivity contribution in [3.05, 3.63) is 58.7 Å². The molecule has 0 bridgehead atoms. The Morgan fingerprint density at radius 3 is 2.93 bits per heavy atom. The van der Waals surface area contributed by atoms with Gasteiger partial charge in [0, 0.05) is 19.3 Å². The first-order valence-electron chi connectivity index (χ1n) is 9.02. The summed E-state index contributed by atoms with van der Waals surface area (Å²) < 4.78 is 6.73. The number of hydrogen-bond acceptors (Lipinski definition) is 5. The van der Waals surface area contributed by atoms with Gasteiger partial charge in [-0.05, 0) is 43.7 Å². The monoisotopic (exact) mass is 380 g/mol. The maximum Gasteiger partial charge on any atom is 0.420 e. The molecule has 1 atom stereocenters. The molecule has 0 spiro atoms. The molecular formula is C20H20N4O4. The van der Waals surface area contributed by atoms with Crippen LogP contribution in [0.4, 0.5) is 0 Å². The molecule has 0 radical (unpaired) electrons. The largest absolute Gasteiger partial charge is 0.420 e. The maximum absolute atomic E-state index is 12.5. The molecule has 0 saturated carbocycles. The first-order chi connectivity index (χ1) is 13.4. The molecule has 2 aliphatic heterocycles. The normalized spacial score (nSPS) is 20.6. The van der Waals surface area contributed by atoms with E-state index in [1.165, 1.54) is 4.57 Å². The van der Waals surface area contributed by atoms with Crippen molar-refractivity contribution >= 4 is 28.7 Å². The molecule has 2 aromatic rings. The number of hydrogen-bond donors (Lipinski definition) is 1. The average Bonchev–Trinajstić information content (AvgIpc) is 3.08. The minimum absolute atomic E-state index is 0.0305. The van der Waals surface area contributed by atoms with Crippen molar-refractivity contribution in [2.45, 2.75) is 32.4 Å². The number of carbonyl (C=O) groups excluding carboxylic acids is 2. The molecular weight excluding hydrogens is 360 g/mol. The van der Waals surface area contributed by atoms with E-state index in [0.717, 1.165) is 5.56 Å². The van der Waals surface area contributed by atoms with E-state index in [1.54, 1.807) is 42.3 Å². The molecule has 3 heterocycles. The Hall–Kier alpha value is -3.42. The molecule has 0 aliphatic carbocycles. The Labute approximate surface area is 160 Å². The van der Waals surface area contributed by atoms with Crippen LogP contribution < -0.4 is 11.1 Å². The fraction of sp³-hybridized carbons (Fsp3) is 0.300. The van der Waals surface area contributed by atoms with E-state index >= 15 is 0 Å². The summed E-state index contributed by atoms with van der Waals surface area (Å²) in [7, 11) is 0. The molecule has 1 aromatic carbocycles. The number of aryl methyl sites for hydroxylation is 1. The van der Waals surface area contributed by atoms with Crippen LogP contribution in [0.5, 0.6) is 0 Å². The summed E-state index contributed by atoms with van der Waals surface area (Å²) in [5.74, 6) is -0.557. The van der Waals surface area contributed by atoms with Crippen LogP contribution in [0.3, 0.4) is 0 Å². The van der Waals surface area contributed by atoms with Crippen molar-refractivity contribution in [3.8, 4) is 0 Å². The van der Waals surface area contributed by atoms with E-state index in [2.05, 4.69) is 10.3 Å². The van der Waals surface area contributed by atoms with Crippen LogP contribution in [-0.2, 0) is 16.1 Å². The van der Waals surface area contributed by atoms with Gasteiger partial charge in [0.05, 0.1) is 11.9 Å². The minimum Gasteiger partial charge on any atom is -0.408 e. The summed E-state index contributed by atoms with van der Waals surface area (Å²) in [5.41, 5.74) is 1.16. The number of amidine groups is 1. The summed E-state index contributed by atoms with van der Waals surface area (Å²) in [5, 5.41) is 2.78. The van der Waals surface area contributed by atoms with E-state index in [4.69, 9.17) is 4.42 Å². The molecule has 4 rings (SSSR count). The lowest BCUT2D eigenvalue weighted by molar-refractivity contribution is -0.131. The lowest BCUT2D eigenvalue weighted by Gasteiger charge is -2.32. The van der Waals surface area contributed by atoms with Gasteiger partial charge in [-0.2, -0.15) is 4.99 Å². The maximum atomic E-state index is 12.5. The fourth-order valence-corrected chi connectivity index (χ4v) is 3.50. The number of nitrogens with one attached hydrogen (secondary N) is 1. The van der Waals surface area contributed by atoms with Gasteiger partial charge < -0.3 is 14.6 Å². The summed E-state index contributed by atoms with van der Waals surface area (Å²) in [6, 6.07) is 5.53. The van der Waals surface area contributed by atoms with Crippen LogP contribution in [0.25, 0.3) is 11.1 Å². The number of carbonyl (C=O) groups is 2. The molecule has 0 fully saturated rings. The number of rotatable bonds is 5. The van der Waals surface area contributed by atoms with Crippen LogP contribution in [0.1, 0.15) is 18.9 Å². The Morgan fingerprint density at radius 1 is 1.29 bits per heavy atom. The van der Waals surface area contributed by atoms with Gasteiger partial charge in [0.25, 0.3) is 5.91 Å².